The normalized spacial score (nSPS) is 45.2. The van der Waals surface area contributed by atoms with Crippen molar-refractivity contribution in [3.05, 3.63) is 0 Å². The van der Waals surface area contributed by atoms with E-state index in [0.717, 1.165) is 32.2 Å². The highest BCUT2D eigenvalue weighted by molar-refractivity contribution is 7.92. The molecular weight excluding hydrogens is 236 g/mol. The number of nitrogens with two attached hydrogens (primary N) is 1. The predicted octanol–water partition coefficient (Wildman–Crippen LogP) is 0.518. The maximum atomic E-state index is 11.9. The van der Waals surface area contributed by atoms with Crippen LogP contribution in [0.4, 0.5) is 0 Å². The Morgan fingerprint density at radius 2 is 1.76 bits per heavy atom. The summed E-state index contributed by atoms with van der Waals surface area (Å²) in [6, 6.07) is 1.45. The van der Waals surface area contributed by atoms with Gasteiger partial charge in [-0.2, -0.15) is 0 Å². The smallest absolute Gasteiger partial charge is 0.154 e. The number of nitrogens with zero attached hydrogens (tertiary/aromatic N) is 1. The number of rotatable bonds is 2. The molecule has 3 heterocycles. The van der Waals surface area contributed by atoms with Gasteiger partial charge in [-0.3, -0.25) is 4.90 Å². The quantitative estimate of drug-likeness (QED) is 0.784. The largest absolute Gasteiger partial charge is 0.328 e. The van der Waals surface area contributed by atoms with Crippen molar-refractivity contribution in [3.8, 4) is 0 Å². The Morgan fingerprint density at radius 3 is 2.29 bits per heavy atom. The summed E-state index contributed by atoms with van der Waals surface area (Å²) in [5, 5.41) is -0.0973. The first-order valence-corrected chi connectivity index (χ1v) is 8.51. The number of sulfone groups is 1. The molecule has 3 unspecified atom stereocenters. The Hall–Kier alpha value is -0.130. The second-order valence-corrected chi connectivity index (χ2v) is 8.35. The summed E-state index contributed by atoms with van der Waals surface area (Å²) in [7, 11) is -2.79. The second kappa shape index (κ2) is 4.21. The molecule has 0 aromatic heterocycles. The van der Waals surface area contributed by atoms with Gasteiger partial charge in [-0.25, -0.2) is 8.42 Å². The lowest BCUT2D eigenvalue weighted by Crippen LogP contribution is -2.50. The monoisotopic (exact) mass is 258 g/mol. The lowest BCUT2D eigenvalue weighted by atomic mass is 9.98. The first kappa shape index (κ1) is 11.9. The first-order valence-electron chi connectivity index (χ1n) is 6.79. The predicted molar refractivity (Wildman–Crippen MR) is 67.5 cm³/mol. The molecule has 0 radical (unpaired) electrons. The summed E-state index contributed by atoms with van der Waals surface area (Å²) in [5.41, 5.74) is 6.03. The van der Waals surface area contributed by atoms with E-state index in [9.17, 15) is 8.42 Å². The van der Waals surface area contributed by atoms with E-state index in [-0.39, 0.29) is 5.25 Å². The third-order valence-corrected chi connectivity index (χ3v) is 7.06. The van der Waals surface area contributed by atoms with Gasteiger partial charge in [0.25, 0.3) is 0 Å². The lowest BCUT2D eigenvalue weighted by molar-refractivity contribution is 0.127. The van der Waals surface area contributed by atoms with Crippen LogP contribution in [-0.2, 0) is 9.84 Å². The molecule has 3 saturated heterocycles. The zero-order valence-corrected chi connectivity index (χ0v) is 11.0. The summed E-state index contributed by atoms with van der Waals surface area (Å²) in [5.74, 6) is 0.403. The van der Waals surface area contributed by atoms with Gasteiger partial charge in [0, 0.05) is 24.7 Å². The van der Waals surface area contributed by atoms with Gasteiger partial charge in [-0.05, 0) is 38.5 Å². The fourth-order valence-corrected chi connectivity index (χ4v) is 5.74. The molecule has 17 heavy (non-hydrogen) atoms. The molecule has 0 saturated carbocycles. The lowest BCUT2D eigenvalue weighted by Gasteiger charge is -2.38. The average Bonchev–Trinajstić information content (AvgIpc) is 2.69. The third-order valence-electron chi connectivity index (χ3n) is 4.80. The molecule has 0 amide bonds. The van der Waals surface area contributed by atoms with Crippen LogP contribution in [0.5, 0.6) is 0 Å². The number of fused-ring (bicyclic) bond motifs is 2. The van der Waals surface area contributed by atoms with Crippen molar-refractivity contribution in [2.24, 2.45) is 5.73 Å². The van der Waals surface area contributed by atoms with Crippen LogP contribution in [0.25, 0.3) is 0 Å². The standard InChI is InChI=1S/C12H22N2O2S/c13-9-6-10-3-4-11(7-9)14(10)8-12-2-1-5-17(12,15)16/h9-12H,1-8,13H2. The van der Waals surface area contributed by atoms with Crippen molar-refractivity contribution in [3.63, 3.8) is 0 Å². The van der Waals surface area contributed by atoms with Gasteiger partial charge in [0.2, 0.25) is 0 Å². The molecule has 2 bridgehead atoms. The molecule has 3 aliphatic heterocycles. The average molecular weight is 258 g/mol. The molecular formula is C12H22N2O2S. The maximum Gasteiger partial charge on any atom is 0.154 e. The van der Waals surface area contributed by atoms with Gasteiger partial charge in [0.15, 0.2) is 9.84 Å². The van der Waals surface area contributed by atoms with Crippen LogP contribution < -0.4 is 5.73 Å². The van der Waals surface area contributed by atoms with Crippen LogP contribution in [0.1, 0.15) is 38.5 Å². The molecule has 3 aliphatic rings. The topological polar surface area (TPSA) is 63.4 Å². The Balaban J connectivity index is 1.70. The first-order chi connectivity index (χ1) is 8.06. The highest BCUT2D eigenvalue weighted by Gasteiger charge is 2.43. The summed E-state index contributed by atoms with van der Waals surface area (Å²) < 4.78 is 23.8. The fraction of sp³-hybridized carbons (Fsp3) is 1.00. The van der Waals surface area contributed by atoms with Gasteiger partial charge in [-0.15, -0.1) is 0 Å². The SMILES string of the molecule is NC1CC2CCC(C1)N2CC1CCCS1(=O)=O. The summed E-state index contributed by atoms with van der Waals surface area (Å²) in [6.45, 7) is 0.768. The van der Waals surface area contributed by atoms with Gasteiger partial charge < -0.3 is 5.73 Å². The zero-order valence-electron chi connectivity index (χ0n) is 10.2. The van der Waals surface area contributed by atoms with Gasteiger partial charge in [0.05, 0.1) is 11.0 Å². The molecule has 98 valence electrons. The molecule has 3 rings (SSSR count). The van der Waals surface area contributed by atoms with Crippen molar-refractivity contribution in [2.45, 2.75) is 61.9 Å². The van der Waals surface area contributed by atoms with Crippen molar-refractivity contribution in [1.82, 2.24) is 4.90 Å². The second-order valence-electron chi connectivity index (χ2n) is 5.94. The van der Waals surface area contributed by atoms with E-state index in [2.05, 4.69) is 4.90 Å². The highest BCUT2D eigenvalue weighted by Crippen LogP contribution is 2.36. The minimum absolute atomic E-state index is 0.0973. The summed E-state index contributed by atoms with van der Waals surface area (Å²) in [4.78, 5) is 2.46. The van der Waals surface area contributed by atoms with Gasteiger partial charge >= 0.3 is 0 Å². The molecule has 3 atom stereocenters. The molecule has 3 fully saturated rings. The van der Waals surface area contributed by atoms with Crippen molar-refractivity contribution in [2.75, 3.05) is 12.3 Å². The minimum Gasteiger partial charge on any atom is -0.328 e. The Labute approximate surface area is 103 Å². The number of hydrogen-bond donors (Lipinski definition) is 1. The van der Waals surface area contributed by atoms with Crippen molar-refractivity contribution >= 4 is 9.84 Å². The Morgan fingerprint density at radius 1 is 1.12 bits per heavy atom. The fourth-order valence-electron chi connectivity index (χ4n) is 3.91. The van der Waals surface area contributed by atoms with Gasteiger partial charge in [0.1, 0.15) is 0 Å². The summed E-state index contributed by atoms with van der Waals surface area (Å²) in [6.07, 6.45) is 6.27. The van der Waals surface area contributed by atoms with E-state index >= 15 is 0 Å². The maximum absolute atomic E-state index is 11.9. The van der Waals surface area contributed by atoms with E-state index in [4.69, 9.17) is 5.73 Å². The molecule has 0 aromatic carbocycles. The van der Waals surface area contributed by atoms with Crippen LogP contribution in [0.2, 0.25) is 0 Å². The molecule has 0 aromatic rings. The van der Waals surface area contributed by atoms with Gasteiger partial charge in [-0.1, -0.05) is 0 Å². The molecule has 4 nitrogen and oxygen atoms in total. The number of hydrogen-bond acceptors (Lipinski definition) is 4. The van der Waals surface area contributed by atoms with Crippen LogP contribution in [0.15, 0.2) is 0 Å². The Kier molecular flexibility index (Phi) is 2.96. The third kappa shape index (κ3) is 2.13. The molecule has 2 N–H and O–H groups in total. The van der Waals surface area contributed by atoms with E-state index in [1.165, 1.54) is 12.8 Å². The zero-order chi connectivity index (χ0) is 12.0. The molecule has 0 spiro atoms. The minimum atomic E-state index is -2.79. The number of piperidine rings is 1. The molecule has 0 aliphatic carbocycles. The molecule has 5 heteroatoms. The summed E-state index contributed by atoms with van der Waals surface area (Å²) >= 11 is 0. The van der Waals surface area contributed by atoms with Crippen LogP contribution in [-0.4, -0.2) is 49.0 Å². The van der Waals surface area contributed by atoms with E-state index in [1.54, 1.807) is 0 Å². The van der Waals surface area contributed by atoms with Crippen LogP contribution in [0, 0.1) is 0 Å². The van der Waals surface area contributed by atoms with Crippen LogP contribution >= 0.6 is 0 Å². The Bertz CT molecular complexity index is 381. The van der Waals surface area contributed by atoms with Crippen molar-refractivity contribution < 1.29 is 8.42 Å². The van der Waals surface area contributed by atoms with Crippen molar-refractivity contribution in [1.29, 1.82) is 0 Å². The van der Waals surface area contributed by atoms with E-state index in [1.807, 2.05) is 0 Å². The van der Waals surface area contributed by atoms with E-state index < -0.39 is 9.84 Å². The van der Waals surface area contributed by atoms with Crippen LogP contribution in [0.3, 0.4) is 0 Å². The highest BCUT2D eigenvalue weighted by atomic mass is 32.2. The van der Waals surface area contributed by atoms with E-state index in [0.29, 0.717) is 23.9 Å².